The number of nitrogens with one attached hydrogen (secondary N) is 1. The predicted molar refractivity (Wildman–Crippen MR) is 97.0 cm³/mol. The van der Waals surface area contributed by atoms with Gasteiger partial charge in [0.15, 0.2) is 0 Å². The predicted octanol–water partition coefficient (Wildman–Crippen LogP) is 1.41. The second kappa shape index (κ2) is 7.16. The Morgan fingerprint density at radius 3 is 2.46 bits per heavy atom. The molecule has 0 radical (unpaired) electrons. The highest BCUT2D eigenvalue weighted by Gasteiger charge is 2.39. The number of carbonyl (C=O) groups excluding carboxylic acids is 2. The van der Waals surface area contributed by atoms with E-state index in [2.05, 4.69) is 5.32 Å². The monoisotopic (exact) mass is 393 g/mol. The van der Waals surface area contributed by atoms with E-state index in [4.69, 9.17) is 16.7 Å². The van der Waals surface area contributed by atoms with Gasteiger partial charge in [-0.2, -0.15) is 0 Å². The van der Waals surface area contributed by atoms with E-state index in [9.17, 15) is 18.0 Å². The van der Waals surface area contributed by atoms with Crippen LogP contribution in [0, 0.1) is 0 Å². The first-order valence-electron chi connectivity index (χ1n) is 7.73. The smallest absolute Gasteiger partial charge is 0.251 e. The zero-order valence-electron chi connectivity index (χ0n) is 13.6. The number of benzene rings is 2. The highest BCUT2D eigenvalue weighted by Crippen LogP contribution is 2.25. The molecular formula is C17H16ClN3O4S. The summed E-state index contributed by atoms with van der Waals surface area (Å²) in [6, 6.07) is 11.9. The largest absolute Gasteiger partial charge is 0.301 e. The maximum atomic E-state index is 12.5. The molecule has 0 aromatic heterocycles. The van der Waals surface area contributed by atoms with Crippen molar-refractivity contribution in [3.05, 3.63) is 59.1 Å². The van der Waals surface area contributed by atoms with Gasteiger partial charge in [0.05, 0.1) is 23.0 Å². The molecule has 2 aromatic rings. The van der Waals surface area contributed by atoms with Gasteiger partial charge in [0, 0.05) is 11.6 Å². The normalized spacial score (nSPS) is 17.8. The molecule has 0 saturated carbocycles. The van der Waals surface area contributed by atoms with E-state index in [0.717, 1.165) is 10.5 Å². The number of halogens is 1. The maximum Gasteiger partial charge on any atom is 0.251 e. The second-order valence-corrected chi connectivity index (χ2v) is 7.87. The lowest BCUT2D eigenvalue weighted by molar-refractivity contribution is -0.121. The summed E-state index contributed by atoms with van der Waals surface area (Å²) in [5, 5.41) is 8.52. The van der Waals surface area contributed by atoms with Crippen LogP contribution < -0.4 is 15.4 Å². The van der Waals surface area contributed by atoms with Gasteiger partial charge in [-0.15, -0.1) is 0 Å². The van der Waals surface area contributed by atoms with Crippen molar-refractivity contribution in [2.75, 3.05) is 4.90 Å². The van der Waals surface area contributed by atoms with Crippen LogP contribution in [0.15, 0.2) is 53.4 Å². The fraction of sp³-hybridized carbons (Fsp3) is 0.176. The molecule has 0 aliphatic carbocycles. The van der Waals surface area contributed by atoms with E-state index in [1.807, 2.05) is 0 Å². The Morgan fingerprint density at radius 2 is 1.85 bits per heavy atom. The van der Waals surface area contributed by atoms with Crippen LogP contribution in [0.5, 0.6) is 0 Å². The van der Waals surface area contributed by atoms with Gasteiger partial charge in [-0.1, -0.05) is 29.8 Å². The Bertz CT molecular complexity index is 960. The molecule has 1 aliphatic heterocycles. The summed E-state index contributed by atoms with van der Waals surface area (Å²) in [5.74, 6) is -0.655. The van der Waals surface area contributed by atoms with Crippen LogP contribution in [0.4, 0.5) is 5.69 Å². The standard InChI is InChI=1S/C17H16ClN3O4S/c18-12-2-1-3-13(8-12)21-16(22)9-15(17(21)23)20-10-11-4-6-14(7-5-11)26(19,24)25/h1-8,15,20H,9-10H2,(H2,19,24,25). The van der Waals surface area contributed by atoms with Crippen LogP contribution in [0.2, 0.25) is 5.02 Å². The Labute approximate surface area is 155 Å². The lowest BCUT2D eigenvalue weighted by atomic mass is 10.2. The number of nitrogens with zero attached hydrogens (tertiary/aromatic N) is 1. The molecule has 7 nitrogen and oxygen atoms in total. The number of imide groups is 1. The van der Waals surface area contributed by atoms with Crippen LogP contribution >= 0.6 is 11.6 Å². The fourth-order valence-corrected chi connectivity index (χ4v) is 3.42. The molecule has 1 atom stereocenters. The summed E-state index contributed by atoms with van der Waals surface area (Å²) in [6.45, 7) is 0.304. The summed E-state index contributed by atoms with van der Waals surface area (Å²) in [7, 11) is -3.74. The number of hydrogen-bond acceptors (Lipinski definition) is 5. The molecule has 2 amide bonds. The quantitative estimate of drug-likeness (QED) is 0.746. The van der Waals surface area contributed by atoms with Crippen molar-refractivity contribution in [1.82, 2.24) is 5.32 Å². The Morgan fingerprint density at radius 1 is 1.15 bits per heavy atom. The molecule has 0 bridgehead atoms. The van der Waals surface area contributed by atoms with Crippen LogP contribution in [0.1, 0.15) is 12.0 Å². The van der Waals surface area contributed by atoms with E-state index in [0.29, 0.717) is 17.3 Å². The first-order chi connectivity index (χ1) is 12.3. The van der Waals surface area contributed by atoms with Crippen LogP contribution in [-0.2, 0) is 26.2 Å². The molecular weight excluding hydrogens is 378 g/mol. The van der Waals surface area contributed by atoms with Crippen molar-refractivity contribution >= 4 is 39.1 Å². The molecule has 1 heterocycles. The number of hydrogen-bond donors (Lipinski definition) is 2. The van der Waals surface area contributed by atoms with Crippen molar-refractivity contribution in [3.63, 3.8) is 0 Å². The molecule has 1 fully saturated rings. The third-order valence-electron chi connectivity index (χ3n) is 4.02. The number of anilines is 1. The molecule has 0 spiro atoms. The topological polar surface area (TPSA) is 110 Å². The van der Waals surface area contributed by atoms with Crippen molar-refractivity contribution in [1.29, 1.82) is 0 Å². The summed E-state index contributed by atoms with van der Waals surface area (Å²) >= 11 is 5.92. The van der Waals surface area contributed by atoms with E-state index < -0.39 is 16.1 Å². The van der Waals surface area contributed by atoms with Crippen molar-refractivity contribution in [2.45, 2.75) is 23.9 Å². The first-order valence-corrected chi connectivity index (χ1v) is 9.65. The van der Waals surface area contributed by atoms with E-state index in [1.165, 1.54) is 12.1 Å². The van der Waals surface area contributed by atoms with Crippen LogP contribution in [0.25, 0.3) is 0 Å². The number of carbonyl (C=O) groups is 2. The molecule has 1 unspecified atom stereocenters. The van der Waals surface area contributed by atoms with Crippen molar-refractivity contribution < 1.29 is 18.0 Å². The van der Waals surface area contributed by atoms with E-state index >= 15 is 0 Å². The average molecular weight is 394 g/mol. The molecule has 2 aromatic carbocycles. The highest BCUT2D eigenvalue weighted by atomic mass is 35.5. The summed E-state index contributed by atoms with van der Waals surface area (Å²) in [4.78, 5) is 25.9. The van der Waals surface area contributed by atoms with Gasteiger partial charge in [-0.05, 0) is 35.9 Å². The Balaban J connectivity index is 1.68. The summed E-state index contributed by atoms with van der Waals surface area (Å²) < 4.78 is 22.5. The van der Waals surface area contributed by atoms with Gasteiger partial charge in [-0.25, -0.2) is 18.5 Å². The number of amides is 2. The zero-order chi connectivity index (χ0) is 18.9. The third-order valence-corrected chi connectivity index (χ3v) is 5.18. The maximum absolute atomic E-state index is 12.5. The van der Waals surface area contributed by atoms with Gasteiger partial charge >= 0.3 is 0 Å². The Kier molecular flexibility index (Phi) is 5.10. The molecule has 26 heavy (non-hydrogen) atoms. The highest BCUT2D eigenvalue weighted by molar-refractivity contribution is 7.89. The molecule has 3 N–H and O–H groups in total. The minimum Gasteiger partial charge on any atom is -0.301 e. The fourth-order valence-electron chi connectivity index (χ4n) is 2.72. The second-order valence-electron chi connectivity index (χ2n) is 5.87. The molecule has 9 heteroatoms. The lowest BCUT2D eigenvalue weighted by Gasteiger charge is -2.16. The number of sulfonamides is 1. The Hall–Kier alpha value is -2.26. The minimum atomic E-state index is -3.74. The van der Waals surface area contributed by atoms with Gasteiger partial charge in [-0.3, -0.25) is 9.59 Å². The molecule has 1 aliphatic rings. The number of rotatable bonds is 5. The summed E-state index contributed by atoms with van der Waals surface area (Å²) in [5.41, 5.74) is 1.20. The van der Waals surface area contributed by atoms with Gasteiger partial charge in [0.2, 0.25) is 15.9 Å². The zero-order valence-corrected chi connectivity index (χ0v) is 15.1. The average Bonchev–Trinajstić information content (AvgIpc) is 2.86. The third kappa shape index (κ3) is 3.94. The van der Waals surface area contributed by atoms with Gasteiger partial charge in [0.1, 0.15) is 0 Å². The van der Waals surface area contributed by atoms with E-state index in [-0.39, 0.29) is 23.1 Å². The lowest BCUT2D eigenvalue weighted by Crippen LogP contribution is -2.38. The summed E-state index contributed by atoms with van der Waals surface area (Å²) in [6.07, 6.45) is 0.0423. The molecule has 1 saturated heterocycles. The minimum absolute atomic E-state index is 0.0144. The van der Waals surface area contributed by atoms with Crippen molar-refractivity contribution in [2.24, 2.45) is 5.14 Å². The number of primary sulfonamides is 1. The van der Waals surface area contributed by atoms with Crippen LogP contribution in [-0.4, -0.2) is 26.3 Å². The molecule has 3 rings (SSSR count). The van der Waals surface area contributed by atoms with Gasteiger partial charge in [0.25, 0.3) is 5.91 Å². The SMILES string of the molecule is NS(=O)(=O)c1ccc(CNC2CC(=O)N(c3cccc(Cl)c3)C2=O)cc1. The van der Waals surface area contributed by atoms with Crippen molar-refractivity contribution in [3.8, 4) is 0 Å². The van der Waals surface area contributed by atoms with Gasteiger partial charge < -0.3 is 5.32 Å². The van der Waals surface area contributed by atoms with Crippen LogP contribution in [0.3, 0.4) is 0 Å². The first kappa shape index (κ1) is 18.5. The molecule has 136 valence electrons. The number of nitrogens with two attached hydrogens (primary N) is 1. The van der Waals surface area contributed by atoms with E-state index in [1.54, 1.807) is 36.4 Å².